The normalized spacial score (nSPS) is 24.1. The van der Waals surface area contributed by atoms with Gasteiger partial charge in [-0.05, 0) is 30.5 Å². The van der Waals surface area contributed by atoms with Crippen LogP contribution in [0.15, 0.2) is 28.7 Å². The van der Waals surface area contributed by atoms with Gasteiger partial charge in [-0.1, -0.05) is 28.1 Å². The topological polar surface area (TPSA) is 41.1 Å². The second-order valence-electron chi connectivity index (χ2n) is 5.57. The van der Waals surface area contributed by atoms with Crippen LogP contribution in [0, 0.1) is 0 Å². The lowest BCUT2D eigenvalue weighted by molar-refractivity contribution is -0.122. The van der Waals surface area contributed by atoms with Crippen molar-refractivity contribution in [2.45, 2.75) is 30.8 Å². The Labute approximate surface area is 132 Å². The van der Waals surface area contributed by atoms with Gasteiger partial charge >= 0.3 is 0 Å². The fourth-order valence-corrected chi connectivity index (χ4v) is 4.04. The molecule has 1 aromatic carbocycles. The number of amides is 1. The Balaban J connectivity index is 1.60. The number of carbonyl (C=O) groups excluding carboxylic acids is 1. The molecule has 3 nitrogen and oxygen atoms in total. The zero-order valence-corrected chi connectivity index (χ0v) is 13.7. The van der Waals surface area contributed by atoms with Crippen molar-refractivity contribution < 1.29 is 4.79 Å². The van der Waals surface area contributed by atoms with E-state index in [0.717, 1.165) is 35.4 Å². The van der Waals surface area contributed by atoms with Crippen LogP contribution in [-0.2, 0) is 10.3 Å². The first-order chi connectivity index (χ1) is 9.68. The third-order valence-corrected chi connectivity index (χ3v) is 5.56. The minimum Gasteiger partial charge on any atom is -0.347 e. The molecule has 20 heavy (non-hydrogen) atoms. The highest BCUT2D eigenvalue weighted by Crippen LogP contribution is 2.46. The first-order valence-electron chi connectivity index (χ1n) is 7.06. The molecular formula is C15H19BrN2OS. The molecule has 1 aliphatic heterocycles. The van der Waals surface area contributed by atoms with Crippen molar-refractivity contribution in [2.24, 2.45) is 0 Å². The molecule has 0 spiro atoms. The summed E-state index contributed by atoms with van der Waals surface area (Å²) in [6.07, 6.45) is 2.67. The number of hydrogen-bond acceptors (Lipinski definition) is 3. The van der Waals surface area contributed by atoms with Gasteiger partial charge in [-0.2, -0.15) is 11.8 Å². The van der Waals surface area contributed by atoms with E-state index >= 15 is 0 Å². The van der Waals surface area contributed by atoms with Crippen LogP contribution in [-0.4, -0.2) is 30.0 Å². The van der Waals surface area contributed by atoms with E-state index in [4.69, 9.17) is 0 Å². The molecule has 0 bridgehead atoms. The van der Waals surface area contributed by atoms with Gasteiger partial charge in [-0.3, -0.25) is 4.79 Å². The van der Waals surface area contributed by atoms with Gasteiger partial charge in [-0.15, -0.1) is 0 Å². The summed E-state index contributed by atoms with van der Waals surface area (Å²) in [5.41, 5.74) is 1.11. The van der Waals surface area contributed by atoms with E-state index in [9.17, 15) is 4.79 Å². The lowest BCUT2D eigenvalue weighted by Crippen LogP contribution is -2.43. The van der Waals surface area contributed by atoms with E-state index in [0.29, 0.717) is 12.5 Å². The van der Waals surface area contributed by atoms with Crippen LogP contribution < -0.4 is 10.6 Å². The fourth-order valence-electron chi connectivity index (χ4n) is 2.69. The quantitative estimate of drug-likeness (QED) is 0.873. The Morgan fingerprint density at radius 1 is 1.50 bits per heavy atom. The van der Waals surface area contributed by atoms with Gasteiger partial charge in [0.25, 0.3) is 0 Å². The summed E-state index contributed by atoms with van der Waals surface area (Å²) in [6.45, 7) is 1.01. The molecule has 1 unspecified atom stereocenters. The monoisotopic (exact) mass is 354 g/mol. The Hall–Kier alpha value is -0.520. The van der Waals surface area contributed by atoms with E-state index in [2.05, 4.69) is 38.7 Å². The van der Waals surface area contributed by atoms with Gasteiger partial charge in [0.2, 0.25) is 5.91 Å². The molecule has 2 aliphatic rings. The molecule has 1 aliphatic carbocycles. The molecule has 1 heterocycles. The molecule has 1 amide bonds. The average Bonchev–Trinajstić information content (AvgIpc) is 3.20. The zero-order valence-electron chi connectivity index (χ0n) is 11.3. The van der Waals surface area contributed by atoms with Crippen molar-refractivity contribution >= 4 is 33.6 Å². The summed E-state index contributed by atoms with van der Waals surface area (Å²) in [4.78, 5) is 12.3. The van der Waals surface area contributed by atoms with Gasteiger partial charge in [0.1, 0.15) is 0 Å². The number of hydrogen-bond donors (Lipinski definition) is 2. The van der Waals surface area contributed by atoms with Crippen molar-refractivity contribution in [3.63, 3.8) is 0 Å². The van der Waals surface area contributed by atoms with Crippen molar-refractivity contribution in [2.75, 3.05) is 18.1 Å². The molecule has 2 fully saturated rings. The Morgan fingerprint density at radius 3 is 3.00 bits per heavy atom. The van der Waals surface area contributed by atoms with Crippen molar-refractivity contribution in [3.8, 4) is 0 Å². The minimum atomic E-state index is -0.108. The minimum absolute atomic E-state index is 0.108. The van der Waals surface area contributed by atoms with E-state index in [-0.39, 0.29) is 11.4 Å². The van der Waals surface area contributed by atoms with Crippen molar-refractivity contribution in [1.82, 2.24) is 10.6 Å². The standard InChI is InChI=1S/C15H19BrN2OS/c16-12-3-1-2-11(8-12)15(4-5-15)18-14(19)9-13-10-20-7-6-17-13/h1-3,8,13,17H,4-7,9-10H2,(H,18,19). The highest BCUT2D eigenvalue weighted by atomic mass is 79.9. The summed E-state index contributed by atoms with van der Waals surface area (Å²) in [6, 6.07) is 8.59. The van der Waals surface area contributed by atoms with Gasteiger partial charge in [-0.25, -0.2) is 0 Å². The van der Waals surface area contributed by atoms with Crippen LogP contribution in [0.4, 0.5) is 0 Å². The average molecular weight is 355 g/mol. The fraction of sp³-hybridized carbons (Fsp3) is 0.533. The number of rotatable bonds is 4. The van der Waals surface area contributed by atoms with Crippen LogP contribution >= 0.6 is 27.7 Å². The maximum Gasteiger partial charge on any atom is 0.222 e. The second kappa shape index (κ2) is 6.08. The Kier molecular flexibility index (Phi) is 4.38. The number of benzene rings is 1. The predicted molar refractivity (Wildman–Crippen MR) is 86.9 cm³/mol. The summed E-state index contributed by atoms with van der Waals surface area (Å²) < 4.78 is 1.07. The van der Waals surface area contributed by atoms with Crippen LogP contribution in [0.5, 0.6) is 0 Å². The number of thioether (sulfide) groups is 1. The van der Waals surface area contributed by atoms with E-state index in [1.54, 1.807) is 0 Å². The summed E-state index contributed by atoms with van der Waals surface area (Å²) in [7, 11) is 0. The maximum atomic E-state index is 12.3. The second-order valence-corrected chi connectivity index (χ2v) is 7.64. The largest absolute Gasteiger partial charge is 0.347 e. The molecular weight excluding hydrogens is 336 g/mol. The first kappa shape index (κ1) is 14.4. The highest BCUT2D eigenvalue weighted by Gasteiger charge is 2.45. The highest BCUT2D eigenvalue weighted by molar-refractivity contribution is 9.10. The van der Waals surface area contributed by atoms with Gasteiger partial charge < -0.3 is 10.6 Å². The molecule has 1 saturated heterocycles. The molecule has 0 radical (unpaired) electrons. The lowest BCUT2D eigenvalue weighted by Gasteiger charge is -2.24. The summed E-state index contributed by atoms with van der Waals surface area (Å²) >= 11 is 5.43. The lowest BCUT2D eigenvalue weighted by atomic mass is 10.0. The third-order valence-electron chi connectivity index (χ3n) is 3.94. The predicted octanol–water partition coefficient (Wildman–Crippen LogP) is 2.65. The third kappa shape index (κ3) is 3.38. The first-order valence-corrected chi connectivity index (χ1v) is 9.01. The van der Waals surface area contributed by atoms with Crippen molar-refractivity contribution in [1.29, 1.82) is 0 Å². The van der Waals surface area contributed by atoms with Crippen LogP contribution in [0.1, 0.15) is 24.8 Å². The van der Waals surface area contributed by atoms with E-state index in [1.165, 1.54) is 5.56 Å². The molecule has 1 saturated carbocycles. The van der Waals surface area contributed by atoms with Gasteiger partial charge in [0, 0.05) is 35.0 Å². The van der Waals surface area contributed by atoms with Crippen LogP contribution in [0.2, 0.25) is 0 Å². The SMILES string of the molecule is O=C(CC1CSCCN1)NC1(c2cccc(Br)c2)CC1. The number of halogens is 1. The number of nitrogens with one attached hydrogen (secondary N) is 2. The number of carbonyl (C=O) groups is 1. The van der Waals surface area contributed by atoms with Crippen LogP contribution in [0.25, 0.3) is 0 Å². The summed E-state index contributed by atoms with van der Waals surface area (Å²) in [5, 5.41) is 6.67. The molecule has 3 rings (SSSR count). The molecule has 0 aromatic heterocycles. The molecule has 1 aromatic rings. The smallest absolute Gasteiger partial charge is 0.222 e. The van der Waals surface area contributed by atoms with E-state index < -0.39 is 0 Å². The van der Waals surface area contributed by atoms with Crippen molar-refractivity contribution in [3.05, 3.63) is 34.3 Å². The molecule has 1 atom stereocenters. The molecule has 2 N–H and O–H groups in total. The van der Waals surface area contributed by atoms with Gasteiger partial charge in [0.15, 0.2) is 0 Å². The van der Waals surface area contributed by atoms with E-state index in [1.807, 2.05) is 23.9 Å². The molecule has 5 heteroatoms. The zero-order chi connectivity index (χ0) is 14.0. The Morgan fingerprint density at radius 2 is 2.35 bits per heavy atom. The summed E-state index contributed by atoms with van der Waals surface area (Å²) in [5.74, 6) is 2.36. The molecule has 108 valence electrons. The van der Waals surface area contributed by atoms with Gasteiger partial charge in [0.05, 0.1) is 5.54 Å². The van der Waals surface area contributed by atoms with Crippen LogP contribution in [0.3, 0.4) is 0 Å². The Bertz CT molecular complexity index is 498. The maximum absolute atomic E-state index is 12.3.